The molecule has 0 saturated carbocycles. The van der Waals surface area contributed by atoms with Gasteiger partial charge in [-0.1, -0.05) is 32.0 Å². The van der Waals surface area contributed by atoms with E-state index in [-0.39, 0.29) is 12.0 Å². The normalized spacial score (nSPS) is 13.2. The summed E-state index contributed by atoms with van der Waals surface area (Å²) >= 11 is 0. The third-order valence-electron chi connectivity index (χ3n) is 2.80. The molecule has 1 atom stereocenters. The van der Waals surface area contributed by atoms with Crippen molar-refractivity contribution in [3.05, 3.63) is 36.3 Å². The zero-order valence-electron chi connectivity index (χ0n) is 9.59. The second-order valence-corrected chi connectivity index (χ2v) is 4.35. The molecule has 0 saturated heterocycles. The number of hydrogen-bond acceptors (Lipinski definition) is 3. The summed E-state index contributed by atoms with van der Waals surface area (Å²) in [4.78, 5) is 8.46. The summed E-state index contributed by atoms with van der Waals surface area (Å²) < 4.78 is 0. The number of aliphatic hydroxyl groups is 1. The first-order chi connectivity index (χ1) is 7.68. The molecule has 0 aliphatic rings. The Morgan fingerprint density at radius 2 is 1.94 bits per heavy atom. The molecule has 0 aliphatic carbocycles. The van der Waals surface area contributed by atoms with E-state index in [0.29, 0.717) is 6.42 Å². The Morgan fingerprint density at radius 3 is 2.69 bits per heavy atom. The van der Waals surface area contributed by atoms with Gasteiger partial charge in [0.1, 0.15) is 6.33 Å². The molecule has 1 heterocycles. The number of para-hydroxylation sites is 1. The van der Waals surface area contributed by atoms with Crippen molar-refractivity contribution in [2.45, 2.75) is 26.4 Å². The highest BCUT2D eigenvalue weighted by Crippen LogP contribution is 2.17. The average molecular weight is 216 g/mol. The van der Waals surface area contributed by atoms with Crippen molar-refractivity contribution in [3.63, 3.8) is 0 Å². The van der Waals surface area contributed by atoms with Crippen molar-refractivity contribution < 1.29 is 5.11 Å². The number of hydrogen-bond donors (Lipinski definition) is 1. The Bertz CT molecular complexity index is 477. The number of benzene rings is 1. The molecule has 84 valence electrons. The van der Waals surface area contributed by atoms with E-state index in [0.717, 1.165) is 16.6 Å². The summed E-state index contributed by atoms with van der Waals surface area (Å²) in [5.74, 6) is 0.244. The summed E-state index contributed by atoms with van der Waals surface area (Å²) in [7, 11) is 0. The summed E-state index contributed by atoms with van der Waals surface area (Å²) in [6, 6.07) is 7.88. The Morgan fingerprint density at radius 1 is 1.19 bits per heavy atom. The maximum Gasteiger partial charge on any atom is 0.116 e. The number of aliphatic hydroxyl groups excluding tert-OH is 1. The van der Waals surface area contributed by atoms with Crippen LogP contribution in [0.5, 0.6) is 0 Å². The van der Waals surface area contributed by atoms with Crippen LogP contribution >= 0.6 is 0 Å². The lowest BCUT2D eigenvalue weighted by molar-refractivity contribution is 0.125. The number of aromatic nitrogens is 2. The SMILES string of the molecule is CC(C)C(O)Cc1ncnc2ccccc12. The van der Waals surface area contributed by atoms with Gasteiger partial charge in [0.15, 0.2) is 0 Å². The van der Waals surface area contributed by atoms with Crippen LogP contribution in [0, 0.1) is 5.92 Å². The monoisotopic (exact) mass is 216 g/mol. The molecule has 3 heteroatoms. The van der Waals surface area contributed by atoms with E-state index in [9.17, 15) is 5.11 Å². The zero-order chi connectivity index (χ0) is 11.5. The summed E-state index contributed by atoms with van der Waals surface area (Å²) in [5.41, 5.74) is 1.86. The number of rotatable bonds is 3. The minimum absolute atomic E-state index is 0.244. The average Bonchev–Trinajstić information content (AvgIpc) is 2.29. The van der Waals surface area contributed by atoms with E-state index >= 15 is 0 Å². The minimum atomic E-state index is -0.349. The molecule has 1 unspecified atom stereocenters. The predicted molar refractivity (Wildman–Crippen MR) is 64.1 cm³/mol. The first-order valence-corrected chi connectivity index (χ1v) is 5.55. The van der Waals surface area contributed by atoms with Gasteiger partial charge in [0.25, 0.3) is 0 Å². The predicted octanol–water partition coefficient (Wildman–Crippen LogP) is 2.19. The van der Waals surface area contributed by atoms with Crippen LogP contribution in [0.2, 0.25) is 0 Å². The molecule has 2 rings (SSSR count). The lowest BCUT2D eigenvalue weighted by atomic mass is 10.0. The third-order valence-corrected chi connectivity index (χ3v) is 2.80. The van der Waals surface area contributed by atoms with Gasteiger partial charge < -0.3 is 5.11 Å². The molecule has 1 N–H and O–H groups in total. The molecular formula is C13H16N2O. The lowest BCUT2D eigenvalue weighted by Crippen LogP contribution is -2.18. The van der Waals surface area contributed by atoms with Gasteiger partial charge in [0.2, 0.25) is 0 Å². The van der Waals surface area contributed by atoms with Crippen molar-refractivity contribution in [1.82, 2.24) is 9.97 Å². The molecule has 16 heavy (non-hydrogen) atoms. The van der Waals surface area contributed by atoms with Crippen LogP contribution in [-0.4, -0.2) is 21.2 Å². The second kappa shape index (κ2) is 4.58. The second-order valence-electron chi connectivity index (χ2n) is 4.35. The molecular weight excluding hydrogens is 200 g/mol. The third kappa shape index (κ3) is 2.19. The van der Waals surface area contributed by atoms with Gasteiger partial charge in [-0.2, -0.15) is 0 Å². The van der Waals surface area contributed by atoms with Crippen molar-refractivity contribution in [1.29, 1.82) is 0 Å². The van der Waals surface area contributed by atoms with Crippen LogP contribution in [-0.2, 0) is 6.42 Å². The van der Waals surface area contributed by atoms with Crippen LogP contribution in [0.15, 0.2) is 30.6 Å². The highest BCUT2D eigenvalue weighted by atomic mass is 16.3. The van der Waals surface area contributed by atoms with Crippen molar-refractivity contribution in [2.75, 3.05) is 0 Å². The highest BCUT2D eigenvalue weighted by Gasteiger charge is 2.12. The maximum absolute atomic E-state index is 9.88. The van der Waals surface area contributed by atoms with Gasteiger partial charge >= 0.3 is 0 Å². The van der Waals surface area contributed by atoms with Gasteiger partial charge in [0, 0.05) is 11.8 Å². The molecule has 0 fully saturated rings. The Kier molecular flexibility index (Phi) is 3.15. The smallest absolute Gasteiger partial charge is 0.116 e. The Labute approximate surface area is 95.2 Å². The number of fused-ring (bicyclic) bond motifs is 1. The quantitative estimate of drug-likeness (QED) is 0.855. The van der Waals surface area contributed by atoms with Gasteiger partial charge in [0.05, 0.1) is 17.3 Å². The summed E-state index contributed by atoms with van der Waals surface area (Å²) in [6.45, 7) is 4.02. The van der Waals surface area contributed by atoms with Crippen molar-refractivity contribution in [2.24, 2.45) is 5.92 Å². The van der Waals surface area contributed by atoms with Crippen LogP contribution < -0.4 is 0 Å². The largest absolute Gasteiger partial charge is 0.392 e. The Balaban J connectivity index is 2.37. The fourth-order valence-corrected chi connectivity index (χ4v) is 1.66. The molecule has 1 aromatic carbocycles. The first-order valence-electron chi connectivity index (χ1n) is 5.55. The highest BCUT2D eigenvalue weighted by molar-refractivity contribution is 5.80. The number of nitrogens with zero attached hydrogens (tertiary/aromatic N) is 2. The van der Waals surface area contributed by atoms with E-state index < -0.39 is 0 Å². The van der Waals surface area contributed by atoms with E-state index in [4.69, 9.17) is 0 Å². The lowest BCUT2D eigenvalue weighted by Gasteiger charge is -2.14. The molecule has 3 nitrogen and oxygen atoms in total. The minimum Gasteiger partial charge on any atom is -0.392 e. The van der Waals surface area contributed by atoms with Crippen LogP contribution in [0.1, 0.15) is 19.5 Å². The summed E-state index contributed by atoms with van der Waals surface area (Å²) in [5, 5.41) is 10.9. The molecule has 0 amide bonds. The van der Waals surface area contributed by atoms with Crippen LogP contribution in [0.25, 0.3) is 10.9 Å². The molecule has 0 bridgehead atoms. The van der Waals surface area contributed by atoms with E-state index in [1.54, 1.807) is 6.33 Å². The fraction of sp³-hybridized carbons (Fsp3) is 0.385. The maximum atomic E-state index is 9.88. The van der Waals surface area contributed by atoms with Gasteiger partial charge in [-0.25, -0.2) is 9.97 Å². The van der Waals surface area contributed by atoms with Crippen LogP contribution in [0.3, 0.4) is 0 Å². The Hall–Kier alpha value is -1.48. The van der Waals surface area contributed by atoms with Gasteiger partial charge in [-0.15, -0.1) is 0 Å². The summed E-state index contributed by atoms with van der Waals surface area (Å²) in [6.07, 6.45) is 1.80. The van der Waals surface area contributed by atoms with E-state index in [2.05, 4.69) is 9.97 Å². The molecule has 0 radical (unpaired) electrons. The first kappa shape index (κ1) is 11.0. The van der Waals surface area contributed by atoms with Crippen LogP contribution in [0.4, 0.5) is 0 Å². The van der Waals surface area contributed by atoms with Gasteiger partial charge in [-0.3, -0.25) is 0 Å². The van der Waals surface area contributed by atoms with Gasteiger partial charge in [-0.05, 0) is 12.0 Å². The molecule has 2 aromatic rings. The zero-order valence-corrected chi connectivity index (χ0v) is 9.59. The van der Waals surface area contributed by atoms with E-state index in [1.807, 2.05) is 38.1 Å². The van der Waals surface area contributed by atoms with Crippen molar-refractivity contribution in [3.8, 4) is 0 Å². The molecule has 1 aromatic heterocycles. The van der Waals surface area contributed by atoms with Crippen molar-refractivity contribution >= 4 is 10.9 Å². The molecule has 0 aliphatic heterocycles. The van der Waals surface area contributed by atoms with E-state index in [1.165, 1.54) is 0 Å². The molecule has 0 spiro atoms. The topological polar surface area (TPSA) is 46.0 Å². The fourth-order valence-electron chi connectivity index (χ4n) is 1.66. The standard InChI is InChI=1S/C13H16N2O/c1-9(2)13(16)7-12-10-5-3-4-6-11(10)14-8-15-12/h3-6,8-9,13,16H,7H2,1-2H3.